The Bertz CT molecular complexity index is 886. The number of hydrogen-bond acceptors (Lipinski definition) is 8. The van der Waals surface area contributed by atoms with Crippen LogP contribution in [-0.2, 0) is 14.2 Å². The Labute approximate surface area is 166 Å². The monoisotopic (exact) mass is 400 g/mol. The van der Waals surface area contributed by atoms with Crippen LogP contribution in [0.4, 0.5) is 0 Å². The van der Waals surface area contributed by atoms with Gasteiger partial charge in [0, 0.05) is 0 Å². The third kappa shape index (κ3) is 3.51. The van der Waals surface area contributed by atoms with Crippen molar-refractivity contribution >= 4 is 11.9 Å². The van der Waals surface area contributed by atoms with Gasteiger partial charge >= 0.3 is 11.9 Å². The van der Waals surface area contributed by atoms with Crippen molar-refractivity contribution in [3.63, 3.8) is 0 Å². The summed E-state index contributed by atoms with van der Waals surface area (Å²) in [6.45, 7) is -0.361. The first-order valence-corrected chi connectivity index (χ1v) is 9.14. The molecule has 6 atom stereocenters. The SMILES string of the molecule is O=C(OC[C@@]12O[C@@H]1[C@H](O)[C@@H](OC(=O)c1ccccc1)[C@@H](O)[C@@H]2O)c1ccccc1. The fourth-order valence-electron chi connectivity index (χ4n) is 3.58. The quantitative estimate of drug-likeness (QED) is 0.483. The zero-order valence-electron chi connectivity index (χ0n) is 15.3. The Morgan fingerprint density at radius 1 is 0.862 bits per heavy atom. The van der Waals surface area contributed by atoms with Crippen LogP contribution >= 0.6 is 0 Å². The van der Waals surface area contributed by atoms with Gasteiger partial charge in [-0.25, -0.2) is 9.59 Å². The minimum Gasteiger partial charge on any atom is -0.459 e. The minimum atomic E-state index is -1.62. The molecule has 1 saturated carbocycles. The molecule has 2 aliphatic rings. The number of benzene rings is 2. The Balaban J connectivity index is 1.42. The summed E-state index contributed by atoms with van der Waals surface area (Å²) in [6, 6.07) is 16.3. The van der Waals surface area contributed by atoms with E-state index in [1.165, 1.54) is 12.1 Å². The molecule has 29 heavy (non-hydrogen) atoms. The fourth-order valence-corrected chi connectivity index (χ4v) is 3.58. The average Bonchev–Trinajstić information content (AvgIpc) is 3.51. The molecule has 2 aromatic rings. The highest BCUT2D eigenvalue weighted by atomic mass is 16.7. The molecule has 1 aliphatic heterocycles. The first-order chi connectivity index (χ1) is 13.9. The summed E-state index contributed by atoms with van der Waals surface area (Å²) >= 11 is 0. The van der Waals surface area contributed by atoms with Crippen molar-refractivity contribution in [3.05, 3.63) is 71.8 Å². The number of epoxide rings is 1. The van der Waals surface area contributed by atoms with Crippen LogP contribution in [0.2, 0.25) is 0 Å². The van der Waals surface area contributed by atoms with E-state index in [1.54, 1.807) is 48.5 Å². The molecule has 1 heterocycles. The molecule has 8 heteroatoms. The van der Waals surface area contributed by atoms with Crippen LogP contribution < -0.4 is 0 Å². The predicted octanol–water partition coefficient (Wildman–Crippen LogP) is 0.303. The minimum absolute atomic E-state index is 0.242. The first-order valence-electron chi connectivity index (χ1n) is 9.14. The van der Waals surface area contributed by atoms with E-state index in [0.717, 1.165) is 0 Å². The van der Waals surface area contributed by atoms with Gasteiger partial charge in [-0.15, -0.1) is 0 Å². The van der Waals surface area contributed by atoms with Gasteiger partial charge in [-0.05, 0) is 24.3 Å². The lowest BCUT2D eigenvalue weighted by atomic mass is 9.81. The zero-order valence-corrected chi connectivity index (χ0v) is 15.3. The molecule has 4 rings (SSSR count). The second kappa shape index (κ2) is 7.57. The van der Waals surface area contributed by atoms with Gasteiger partial charge in [0.15, 0.2) is 11.7 Å². The van der Waals surface area contributed by atoms with Crippen molar-refractivity contribution in [2.45, 2.75) is 36.1 Å². The van der Waals surface area contributed by atoms with E-state index in [4.69, 9.17) is 14.2 Å². The Morgan fingerprint density at radius 3 is 2.00 bits per heavy atom. The normalized spacial score (nSPS) is 32.7. The van der Waals surface area contributed by atoms with Crippen molar-refractivity contribution in [2.75, 3.05) is 6.61 Å². The summed E-state index contributed by atoms with van der Waals surface area (Å²) in [5.74, 6) is -1.37. The van der Waals surface area contributed by atoms with Crippen LogP contribution in [0, 0.1) is 0 Å². The van der Waals surface area contributed by atoms with Gasteiger partial charge in [-0.1, -0.05) is 36.4 Å². The molecule has 0 spiro atoms. The standard InChI is InChI=1S/C21H20O8/c22-14-16(28-20(26)13-9-5-2-6-10-13)15(23)18-21(29-18,17(14)24)11-27-19(25)12-7-3-1-4-8-12/h1-10,14-18,22-24H,11H2/t14-,15-,16+,17+,18-,21+/m1/s1. The Hall–Kier alpha value is -2.78. The summed E-state index contributed by atoms with van der Waals surface area (Å²) in [4.78, 5) is 24.4. The van der Waals surface area contributed by atoms with Gasteiger partial charge in [0.1, 0.15) is 31.0 Å². The smallest absolute Gasteiger partial charge is 0.338 e. The van der Waals surface area contributed by atoms with Crippen LogP contribution in [0.25, 0.3) is 0 Å². The molecule has 0 unspecified atom stereocenters. The molecule has 0 aromatic heterocycles. The number of hydrogen-bond donors (Lipinski definition) is 3. The molecular weight excluding hydrogens is 380 g/mol. The Kier molecular flexibility index (Phi) is 5.10. The molecule has 2 fully saturated rings. The highest BCUT2D eigenvalue weighted by molar-refractivity contribution is 5.90. The molecule has 3 N–H and O–H groups in total. The van der Waals surface area contributed by atoms with E-state index in [0.29, 0.717) is 5.56 Å². The van der Waals surface area contributed by atoms with Crippen molar-refractivity contribution < 1.29 is 39.1 Å². The number of aliphatic hydroxyl groups is 3. The number of ether oxygens (including phenoxy) is 3. The van der Waals surface area contributed by atoms with E-state index in [-0.39, 0.29) is 12.2 Å². The molecule has 8 nitrogen and oxygen atoms in total. The second-order valence-corrected chi connectivity index (χ2v) is 7.10. The maximum atomic E-state index is 12.2. The summed E-state index contributed by atoms with van der Waals surface area (Å²) in [5.41, 5.74) is -0.882. The summed E-state index contributed by atoms with van der Waals surface area (Å²) in [6.07, 6.45) is -6.86. The number of carbonyl (C=O) groups is 2. The molecule has 1 saturated heterocycles. The number of rotatable bonds is 5. The lowest BCUT2D eigenvalue weighted by Gasteiger charge is -2.36. The Morgan fingerprint density at radius 2 is 1.41 bits per heavy atom. The van der Waals surface area contributed by atoms with Gasteiger partial charge in [0.2, 0.25) is 0 Å². The van der Waals surface area contributed by atoms with Crippen molar-refractivity contribution in [1.82, 2.24) is 0 Å². The van der Waals surface area contributed by atoms with E-state index in [2.05, 4.69) is 0 Å². The van der Waals surface area contributed by atoms with E-state index >= 15 is 0 Å². The average molecular weight is 400 g/mol. The van der Waals surface area contributed by atoms with Crippen LogP contribution in [0.5, 0.6) is 0 Å². The topological polar surface area (TPSA) is 126 Å². The van der Waals surface area contributed by atoms with E-state index in [9.17, 15) is 24.9 Å². The zero-order chi connectivity index (χ0) is 20.6. The van der Waals surface area contributed by atoms with Crippen molar-refractivity contribution in [2.24, 2.45) is 0 Å². The van der Waals surface area contributed by atoms with Gasteiger partial charge in [-0.3, -0.25) is 0 Å². The molecule has 0 radical (unpaired) electrons. The summed E-state index contributed by atoms with van der Waals surface area (Å²) < 4.78 is 15.9. The lowest BCUT2D eigenvalue weighted by molar-refractivity contribution is -0.145. The van der Waals surface area contributed by atoms with Gasteiger partial charge in [0.25, 0.3) is 0 Å². The number of carbonyl (C=O) groups excluding carboxylic acids is 2. The second-order valence-electron chi connectivity index (χ2n) is 7.10. The van der Waals surface area contributed by atoms with E-state index < -0.39 is 48.1 Å². The molecular formula is C21H20O8. The number of esters is 2. The number of fused-ring (bicyclic) bond motifs is 1. The molecule has 0 amide bonds. The van der Waals surface area contributed by atoms with Crippen LogP contribution in [0.1, 0.15) is 20.7 Å². The van der Waals surface area contributed by atoms with E-state index in [1.807, 2.05) is 0 Å². The van der Waals surface area contributed by atoms with Crippen molar-refractivity contribution in [1.29, 1.82) is 0 Å². The summed E-state index contributed by atoms with van der Waals surface area (Å²) in [5, 5.41) is 31.5. The lowest BCUT2D eigenvalue weighted by Crippen LogP contribution is -2.61. The maximum absolute atomic E-state index is 12.2. The predicted molar refractivity (Wildman–Crippen MR) is 98.0 cm³/mol. The largest absolute Gasteiger partial charge is 0.459 e. The first kappa shape index (κ1) is 19.5. The molecule has 152 valence electrons. The third-order valence-electron chi connectivity index (χ3n) is 5.27. The highest BCUT2D eigenvalue weighted by Gasteiger charge is 2.73. The molecule has 2 aromatic carbocycles. The van der Waals surface area contributed by atoms with Gasteiger partial charge < -0.3 is 29.5 Å². The van der Waals surface area contributed by atoms with Crippen molar-refractivity contribution in [3.8, 4) is 0 Å². The fraction of sp³-hybridized carbons (Fsp3) is 0.333. The third-order valence-corrected chi connectivity index (χ3v) is 5.27. The van der Waals surface area contributed by atoms with Gasteiger partial charge in [-0.2, -0.15) is 0 Å². The number of aliphatic hydroxyl groups excluding tert-OH is 3. The van der Waals surface area contributed by atoms with Crippen LogP contribution in [0.15, 0.2) is 60.7 Å². The highest BCUT2D eigenvalue weighted by Crippen LogP contribution is 2.49. The van der Waals surface area contributed by atoms with Gasteiger partial charge in [0.05, 0.1) is 11.1 Å². The molecule has 1 aliphatic carbocycles. The van der Waals surface area contributed by atoms with Crippen LogP contribution in [0.3, 0.4) is 0 Å². The molecule has 0 bridgehead atoms. The summed E-state index contributed by atoms with van der Waals surface area (Å²) in [7, 11) is 0. The maximum Gasteiger partial charge on any atom is 0.338 e. The van der Waals surface area contributed by atoms with Crippen LogP contribution in [-0.4, -0.2) is 70.0 Å².